The Kier molecular flexibility index (Phi) is 7.24. The van der Waals surface area contributed by atoms with E-state index in [-0.39, 0.29) is 16.2 Å². The van der Waals surface area contributed by atoms with E-state index in [1.165, 1.54) is 37.5 Å². The molecule has 1 saturated heterocycles. The quantitative estimate of drug-likeness (QED) is 0.266. The monoisotopic (exact) mass is 466 g/mol. The zero-order valence-electron chi connectivity index (χ0n) is 18.1. The average molecular weight is 467 g/mol. The standard InChI is InChI=1S/C24H22N2O6S/c1-4-6-16-11-14(13-19(32-5-2)20(16)31-3)12-18-21(27)25-24(33)26(22(18)28)17-9-7-15(8-10-17)23(29)30/h4,7-13H,1,5-6H2,2-3H3,(H,29,30)(H,25,27,33)/b18-12+. The maximum atomic E-state index is 13.2. The number of carboxylic acid groups (broad SMARTS) is 1. The molecule has 0 unspecified atom stereocenters. The molecule has 1 aliphatic rings. The highest BCUT2D eigenvalue weighted by Gasteiger charge is 2.34. The summed E-state index contributed by atoms with van der Waals surface area (Å²) in [6.07, 6.45) is 3.66. The third kappa shape index (κ3) is 4.93. The van der Waals surface area contributed by atoms with Gasteiger partial charge in [-0.15, -0.1) is 6.58 Å². The molecule has 170 valence electrons. The highest BCUT2D eigenvalue weighted by molar-refractivity contribution is 7.80. The number of anilines is 1. The van der Waals surface area contributed by atoms with Crippen LogP contribution in [0.15, 0.2) is 54.6 Å². The van der Waals surface area contributed by atoms with E-state index in [2.05, 4.69) is 11.9 Å². The van der Waals surface area contributed by atoms with Gasteiger partial charge in [0.15, 0.2) is 16.6 Å². The number of nitrogens with zero attached hydrogens (tertiary/aromatic N) is 1. The van der Waals surface area contributed by atoms with Crippen molar-refractivity contribution in [1.82, 2.24) is 5.32 Å². The van der Waals surface area contributed by atoms with Crippen molar-refractivity contribution in [2.75, 3.05) is 18.6 Å². The first-order valence-corrected chi connectivity index (χ1v) is 10.4. The second-order valence-corrected chi connectivity index (χ2v) is 7.33. The van der Waals surface area contributed by atoms with Crippen LogP contribution in [-0.4, -0.2) is 41.7 Å². The lowest BCUT2D eigenvalue weighted by Gasteiger charge is -2.29. The molecule has 2 amide bonds. The van der Waals surface area contributed by atoms with Gasteiger partial charge in [0.05, 0.1) is 25.0 Å². The topological polar surface area (TPSA) is 105 Å². The van der Waals surface area contributed by atoms with Crippen molar-refractivity contribution in [3.8, 4) is 11.5 Å². The fourth-order valence-electron chi connectivity index (χ4n) is 3.38. The minimum absolute atomic E-state index is 0.0605. The van der Waals surface area contributed by atoms with Crippen molar-refractivity contribution in [1.29, 1.82) is 0 Å². The first-order chi connectivity index (χ1) is 15.8. The van der Waals surface area contributed by atoms with E-state index in [0.29, 0.717) is 35.8 Å². The fourth-order valence-corrected chi connectivity index (χ4v) is 3.66. The maximum Gasteiger partial charge on any atom is 0.335 e. The lowest BCUT2D eigenvalue weighted by atomic mass is 10.0. The zero-order chi connectivity index (χ0) is 24.1. The molecule has 0 aliphatic carbocycles. The summed E-state index contributed by atoms with van der Waals surface area (Å²) < 4.78 is 11.2. The summed E-state index contributed by atoms with van der Waals surface area (Å²) in [6.45, 7) is 6.00. The molecule has 3 rings (SSSR count). The Balaban J connectivity index is 2.05. The van der Waals surface area contributed by atoms with Crippen molar-refractivity contribution < 1.29 is 29.0 Å². The first-order valence-electron chi connectivity index (χ1n) is 10.00. The second kappa shape index (κ2) is 10.1. The van der Waals surface area contributed by atoms with Crippen molar-refractivity contribution in [3.05, 3.63) is 71.3 Å². The van der Waals surface area contributed by atoms with Crippen LogP contribution in [0, 0.1) is 0 Å². The smallest absolute Gasteiger partial charge is 0.335 e. The molecule has 2 aromatic carbocycles. The molecule has 2 aromatic rings. The number of carbonyl (C=O) groups is 3. The number of hydrogen-bond donors (Lipinski definition) is 2. The number of ether oxygens (including phenoxy) is 2. The van der Waals surface area contributed by atoms with E-state index in [1.807, 2.05) is 6.92 Å². The summed E-state index contributed by atoms with van der Waals surface area (Å²) in [6, 6.07) is 9.08. The zero-order valence-corrected chi connectivity index (χ0v) is 18.9. The number of carboxylic acids is 1. The Morgan fingerprint density at radius 1 is 1.24 bits per heavy atom. The van der Waals surface area contributed by atoms with Crippen LogP contribution in [0.3, 0.4) is 0 Å². The van der Waals surface area contributed by atoms with Crippen LogP contribution in [0.1, 0.15) is 28.4 Å². The fraction of sp³-hybridized carbons (Fsp3) is 0.167. The Hall–Kier alpha value is -3.98. The van der Waals surface area contributed by atoms with Gasteiger partial charge in [-0.25, -0.2) is 4.79 Å². The number of thiocarbonyl (C=S) groups is 1. The van der Waals surface area contributed by atoms with Gasteiger partial charge in [0.25, 0.3) is 11.8 Å². The minimum atomic E-state index is -1.09. The largest absolute Gasteiger partial charge is 0.493 e. The maximum absolute atomic E-state index is 13.2. The molecule has 0 saturated carbocycles. The van der Waals surface area contributed by atoms with Crippen molar-refractivity contribution in [2.45, 2.75) is 13.3 Å². The number of hydrogen-bond acceptors (Lipinski definition) is 6. The predicted molar refractivity (Wildman–Crippen MR) is 128 cm³/mol. The van der Waals surface area contributed by atoms with Gasteiger partial charge in [-0.05, 0) is 73.6 Å². The van der Waals surface area contributed by atoms with Gasteiger partial charge in [0, 0.05) is 5.56 Å². The third-order valence-corrected chi connectivity index (χ3v) is 5.09. The molecule has 0 spiro atoms. The molecule has 0 bridgehead atoms. The SMILES string of the molecule is C=CCc1cc(/C=C2\C(=O)NC(=S)N(c3ccc(C(=O)O)cc3)C2=O)cc(OCC)c1OC. The number of amides is 2. The van der Waals surface area contributed by atoms with Gasteiger partial charge < -0.3 is 14.6 Å². The molecule has 8 nitrogen and oxygen atoms in total. The lowest BCUT2D eigenvalue weighted by molar-refractivity contribution is -0.122. The van der Waals surface area contributed by atoms with Crippen molar-refractivity contribution in [2.24, 2.45) is 0 Å². The Bertz CT molecular complexity index is 1170. The predicted octanol–water partition coefficient (Wildman–Crippen LogP) is 3.35. The number of rotatable bonds is 8. The molecule has 0 atom stereocenters. The van der Waals surface area contributed by atoms with Gasteiger partial charge in [-0.1, -0.05) is 6.08 Å². The first kappa shape index (κ1) is 23.7. The van der Waals surface area contributed by atoms with Gasteiger partial charge >= 0.3 is 5.97 Å². The summed E-state index contributed by atoms with van der Waals surface area (Å²) in [7, 11) is 1.54. The second-order valence-electron chi connectivity index (χ2n) is 6.95. The van der Waals surface area contributed by atoms with Crippen LogP contribution in [0.4, 0.5) is 5.69 Å². The highest BCUT2D eigenvalue weighted by atomic mass is 32.1. The van der Waals surface area contributed by atoms with Gasteiger partial charge in [0.2, 0.25) is 0 Å². The molecular formula is C24H22N2O6S. The van der Waals surface area contributed by atoms with Gasteiger partial charge in [0.1, 0.15) is 5.57 Å². The lowest BCUT2D eigenvalue weighted by Crippen LogP contribution is -2.54. The Morgan fingerprint density at radius 3 is 2.52 bits per heavy atom. The molecule has 0 radical (unpaired) electrons. The van der Waals surface area contributed by atoms with Crippen molar-refractivity contribution >= 4 is 46.9 Å². The van der Waals surface area contributed by atoms with E-state index in [0.717, 1.165) is 10.5 Å². The number of aromatic carboxylic acids is 1. The van der Waals surface area contributed by atoms with Crippen LogP contribution in [0.2, 0.25) is 0 Å². The average Bonchev–Trinajstić information content (AvgIpc) is 2.77. The van der Waals surface area contributed by atoms with E-state index < -0.39 is 17.8 Å². The van der Waals surface area contributed by atoms with Crippen molar-refractivity contribution in [3.63, 3.8) is 0 Å². The normalized spacial score (nSPS) is 14.8. The van der Waals surface area contributed by atoms with E-state index in [4.69, 9.17) is 26.8 Å². The summed E-state index contributed by atoms with van der Waals surface area (Å²) >= 11 is 5.19. The number of methoxy groups -OCH3 is 1. The van der Waals surface area contributed by atoms with Crippen LogP contribution in [0.5, 0.6) is 11.5 Å². The third-order valence-electron chi connectivity index (χ3n) is 4.81. The molecule has 2 N–H and O–H groups in total. The molecule has 0 aromatic heterocycles. The highest BCUT2D eigenvalue weighted by Crippen LogP contribution is 2.34. The van der Waals surface area contributed by atoms with Gasteiger partial charge in [-0.3, -0.25) is 19.8 Å². The molecule has 1 aliphatic heterocycles. The summed E-state index contributed by atoms with van der Waals surface area (Å²) in [5, 5.41) is 11.5. The van der Waals surface area contributed by atoms with E-state index in [9.17, 15) is 14.4 Å². The van der Waals surface area contributed by atoms with E-state index in [1.54, 1.807) is 18.2 Å². The van der Waals surface area contributed by atoms with E-state index >= 15 is 0 Å². The summed E-state index contributed by atoms with van der Waals surface area (Å²) in [4.78, 5) is 38.1. The molecule has 33 heavy (non-hydrogen) atoms. The summed E-state index contributed by atoms with van der Waals surface area (Å²) in [5.74, 6) is -1.33. The Labute approximate surface area is 196 Å². The number of allylic oxidation sites excluding steroid dienone is 1. The molecule has 9 heteroatoms. The summed E-state index contributed by atoms with van der Waals surface area (Å²) in [5.41, 5.74) is 1.60. The molecule has 1 fully saturated rings. The molecular weight excluding hydrogens is 444 g/mol. The van der Waals surface area contributed by atoms with Gasteiger partial charge in [-0.2, -0.15) is 0 Å². The number of benzene rings is 2. The van der Waals surface area contributed by atoms with Crippen LogP contribution >= 0.6 is 12.2 Å². The number of carbonyl (C=O) groups excluding carboxylic acids is 2. The minimum Gasteiger partial charge on any atom is -0.493 e. The molecule has 1 heterocycles. The number of nitrogens with one attached hydrogen (secondary N) is 1. The Morgan fingerprint density at radius 2 is 1.94 bits per heavy atom. The van der Waals surface area contributed by atoms with Crippen LogP contribution in [-0.2, 0) is 16.0 Å². The van der Waals surface area contributed by atoms with Crippen LogP contribution in [0.25, 0.3) is 6.08 Å². The van der Waals surface area contributed by atoms with Crippen LogP contribution < -0.4 is 19.7 Å².